The summed E-state index contributed by atoms with van der Waals surface area (Å²) in [5.74, 6) is 0. The maximum atomic E-state index is 2.57. The summed E-state index contributed by atoms with van der Waals surface area (Å²) in [5.41, 5.74) is 43.8. The Hall–Kier alpha value is -12.9. The van der Waals surface area contributed by atoms with Crippen molar-refractivity contribution >= 4 is 34.1 Å². The van der Waals surface area contributed by atoms with Crippen molar-refractivity contribution in [2.45, 2.75) is 49.4 Å². The van der Waals surface area contributed by atoms with Crippen molar-refractivity contribution < 1.29 is 0 Å². The Labute approximate surface area is 620 Å². The average molecular weight is 1350 g/mol. The van der Waals surface area contributed by atoms with Gasteiger partial charge in [-0.05, 0) is 246 Å². The van der Waals surface area contributed by atoms with Gasteiger partial charge in [0, 0.05) is 39.3 Å². The summed E-state index contributed by atoms with van der Waals surface area (Å²) in [4.78, 5) is 5.06. The number of hydrogen-bond donors (Lipinski definition) is 0. The van der Waals surface area contributed by atoms with E-state index in [2.05, 4.69) is 401 Å². The highest BCUT2D eigenvalue weighted by atomic mass is 15.2. The van der Waals surface area contributed by atoms with Gasteiger partial charge in [0.1, 0.15) is 0 Å². The molecule has 0 heterocycles. The van der Waals surface area contributed by atoms with E-state index in [-0.39, 0.29) is 10.8 Å². The molecule has 2 heteroatoms. The Morgan fingerprint density at radius 1 is 0.170 bits per heavy atom. The molecule has 0 N–H and O–H groups in total. The first kappa shape index (κ1) is 60.7. The van der Waals surface area contributed by atoms with Crippen LogP contribution in [-0.2, 0) is 21.7 Å². The second kappa shape index (κ2) is 22.3. The quantitative estimate of drug-likeness (QED) is 0.142. The topological polar surface area (TPSA) is 6.48 Å². The number of hydrogen-bond acceptors (Lipinski definition) is 2. The van der Waals surface area contributed by atoms with E-state index in [1.165, 1.54) is 173 Å². The average Bonchev–Trinajstić information content (AvgIpc) is 1.51. The molecule has 106 heavy (non-hydrogen) atoms. The number of benzene rings is 16. The summed E-state index contributed by atoms with van der Waals surface area (Å²) < 4.78 is 0. The zero-order valence-electron chi connectivity index (χ0n) is 59.5. The van der Waals surface area contributed by atoms with Crippen LogP contribution in [0.5, 0.6) is 0 Å². The first-order chi connectivity index (χ1) is 52.1. The molecule has 6 aliphatic rings. The van der Waals surface area contributed by atoms with Gasteiger partial charge in [0.25, 0.3) is 0 Å². The Kier molecular flexibility index (Phi) is 12.8. The lowest BCUT2D eigenvalue weighted by Crippen LogP contribution is -2.26. The summed E-state index contributed by atoms with van der Waals surface area (Å²) in [6, 6.07) is 139. The molecule has 16 aromatic carbocycles. The third-order valence-corrected chi connectivity index (χ3v) is 25.1. The minimum Gasteiger partial charge on any atom is -0.310 e. The largest absolute Gasteiger partial charge is 0.310 e. The number of fused-ring (bicyclic) bond motifs is 26. The fraction of sp³-hybridized carbons (Fsp3) is 0.0769. The van der Waals surface area contributed by atoms with Gasteiger partial charge in [-0.3, -0.25) is 0 Å². The number of rotatable bonds is 9. The van der Waals surface area contributed by atoms with E-state index in [0.717, 1.165) is 28.4 Å². The molecule has 16 aromatic rings. The van der Waals surface area contributed by atoms with E-state index in [1.54, 1.807) is 0 Å². The molecule has 0 saturated heterocycles. The van der Waals surface area contributed by atoms with Crippen LogP contribution in [0.1, 0.15) is 94.5 Å². The molecule has 0 atom stereocenters. The molecule has 0 fully saturated rings. The van der Waals surface area contributed by atoms with Crippen molar-refractivity contribution in [1.29, 1.82) is 0 Å². The molecular formula is C104H72N2. The van der Waals surface area contributed by atoms with Crippen LogP contribution in [-0.4, -0.2) is 0 Å². The van der Waals surface area contributed by atoms with Crippen LogP contribution < -0.4 is 9.80 Å². The number of nitrogens with zero attached hydrogens (tertiary/aromatic N) is 2. The van der Waals surface area contributed by atoms with Crippen molar-refractivity contribution in [3.63, 3.8) is 0 Å². The van der Waals surface area contributed by atoms with Crippen molar-refractivity contribution in [2.24, 2.45) is 0 Å². The molecular weight excluding hydrogens is 1280 g/mol. The van der Waals surface area contributed by atoms with E-state index >= 15 is 0 Å². The van der Waals surface area contributed by atoms with E-state index in [0.29, 0.717) is 0 Å². The molecule has 2 nitrogen and oxygen atoms in total. The highest BCUT2D eigenvalue weighted by Gasteiger charge is 2.54. The lowest BCUT2D eigenvalue weighted by atomic mass is 9.70. The van der Waals surface area contributed by atoms with Crippen LogP contribution in [0.4, 0.5) is 34.1 Å². The minimum absolute atomic E-state index is 0.255. The molecule has 6 aliphatic carbocycles. The molecule has 0 amide bonds. The SMILES string of the molecule is CC1(C)c2ccc(N(c3ccc(-c4ccccc4)cc3)c3ccc4c(c3)C3(c5ccccc5-c5ccccc53)c3ccccc3-4)cc2-c2ccc(-c3ccc4c(c3)C3(c5ccccc5-c5ccccc53)c3cc(N(c5ccc(-c6ccccc6)cc5)c5cccc6c5C(C)(C)c5ccccc5-6)ccc3-4)cc21. The van der Waals surface area contributed by atoms with E-state index in [1.807, 2.05) is 0 Å². The Morgan fingerprint density at radius 3 is 0.953 bits per heavy atom. The first-order valence-electron chi connectivity index (χ1n) is 37.5. The van der Waals surface area contributed by atoms with E-state index in [4.69, 9.17) is 0 Å². The van der Waals surface area contributed by atoms with Gasteiger partial charge in [-0.15, -0.1) is 0 Å². The lowest BCUT2D eigenvalue weighted by molar-refractivity contribution is 0.660. The van der Waals surface area contributed by atoms with Gasteiger partial charge in [0.05, 0.1) is 16.5 Å². The molecule has 498 valence electrons. The molecule has 2 spiro atoms. The second-order valence-corrected chi connectivity index (χ2v) is 30.9. The zero-order valence-corrected chi connectivity index (χ0v) is 59.5. The third kappa shape index (κ3) is 8.22. The van der Waals surface area contributed by atoms with Gasteiger partial charge in [-0.25, -0.2) is 0 Å². The molecule has 0 aromatic heterocycles. The maximum absolute atomic E-state index is 2.57. The summed E-state index contributed by atoms with van der Waals surface area (Å²) in [6.07, 6.45) is 0. The van der Waals surface area contributed by atoms with Gasteiger partial charge in [-0.2, -0.15) is 0 Å². The van der Waals surface area contributed by atoms with Crippen LogP contribution in [0.3, 0.4) is 0 Å². The van der Waals surface area contributed by atoms with Gasteiger partial charge < -0.3 is 9.80 Å². The van der Waals surface area contributed by atoms with Crippen LogP contribution in [0, 0.1) is 0 Å². The van der Waals surface area contributed by atoms with Crippen LogP contribution in [0.2, 0.25) is 0 Å². The lowest BCUT2D eigenvalue weighted by Gasteiger charge is -2.34. The van der Waals surface area contributed by atoms with E-state index < -0.39 is 10.8 Å². The molecule has 0 unspecified atom stereocenters. The van der Waals surface area contributed by atoms with Crippen LogP contribution in [0.25, 0.3) is 100 Å². The van der Waals surface area contributed by atoms with Gasteiger partial charge in [0.15, 0.2) is 0 Å². The van der Waals surface area contributed by atoms with Gasteiger partial charge in [-0.1, -0.05) is 313 Å². The highest BCUT2D eigenvalue weighted by molar-refractivity contribution is 6.01. The molecule has 0 aliphatic heterocycles. The third-order valence-electron chi connectivity index (χ3n) is 25.1. The zero-order chi connectivity index (χ0) is 70.4. The molecule has 0 bridgehead atoms. The Morgan fingerprint density at radius 2 is 0.472 bits per heavy atom. The normalized spacial score (nSPS) is 14.7. The van der Waals surface area contributed by atoms with Crippen molar-refractivity contribution in [3.05, 3.63) is 431 Å². The molecule has 22 rings (SSSR count). The molecule has 0 saturated carbocycles. The predicted octanol–water partition coefficient (Wildman–Crippen LogP) is 26.9. The van der Waals surface area contributed by atoms with Crippen LogP contribution in [0.15, 0.2) is 364 Å². The predicted molar refractivity (Wildman–Crippen MR) is 440 cm³/mol. The smallest absolute Gasteiger partial charge is 0.0726 e. The molecule has 0 radical (unpaired) electrons. The second-order valence-electron chi connectivity index (χ2n) is 30.9. The van der Waals surface area contributed by atoms with Crippen molar-refractivity contribution in [1.82, 2.24) is 0 Å². The monoisotopic (exact) mass is 1350 g/mol. The van der Waals surface area contributed by atoms with Gasteiger partial charge >= 0.3 is 0 Å². The number of anilines is 6. The minimum atomic E-state index is -0.618. The highest BCUT2D eigenvalue weighted by Crippen LogP contribution is 2.67. The van der Waals surface area contributed by atoms with Crippen LogP contribution >= 0.6 is 0 Å². The summed E-state index contributed by atoms with van der Waals surface area (Å²) in [7, 11) is 0. The van der Waals surface area contributed by atoms with Crippen molar-refractivity contribution in [2.75, 3.05) is 9.80 Å². The Bertz CT molecular complexity index is 6280. The fourth-order valence-electron chi connectivity index (χ4n) is 20.5. The van der Waals surface area contributed by atoms with Crippen molar-refractivity contribution in [3.8, 4) is 100 Å². The summed E-state index contributed by atoms with van der Waals surface area (Å²) in [6.45, 7) is 9.68. The first-order valence-corrected chi connectivity index (χ1v) is 37.5. The Balaban J connectivity index is 0.685. The maximum Gasteiger partial charge on any atom is 0.0726 e. The summed E-state index contributed by atoms with van der Waals surface area (Å²) >= 11 is 0. The fourth-order valence-corrected chi connectivity index (χ4v) is 20.5. The standard InChI is InChI=1S/C104H72N2/c1-101(2)89-59-54-73(105(71-48-42-67(43-49-71)65-24-7-5-8-25-65)74-52-57-83-80-32-16-20-38-92(80)103(97(83)63-74)90-36-18-12-28-76(90)77-29-13-19-37-91(77)103)62-87(89)85-56-47-69(60-95(85)101)70-46-55-82-84-58-53-75(64-98(84)104(96(82)61-70)93-39-21-14-30-78(93)79-31-15-22-40-94(79)104)106(72-50-44-68(45-51-72)66-26-9-6-10-27-66)99-41-23-34-86-81-33-11-17-35-88(81)102(3,4)100(86)99/h5-64H,1-4H3. The summed E-state index contributed by atoms with van der Waals surface area (Å²) in [5, 5.41) is 0. The van der Waals surface area contributed by atoms with Gasteiger partial charge in [0.2, 0.25) is 0 Å². The van der Waals surface area contributed by atoms with E-state index in [9.17, 15) is 0 Å².